The second-order valence-corrected chi connectivity index (χ2v) is 3.80. The fourth-order valence-electron chi connectivity index (χ4n) is 1.09. The van der Waals surface area contributed by atoms with E-state index in [1.165, 1.54) is 0 Å². The summed E-state index contributed by atoms with van der Waals surface area (Å²) in [4.78, 5) is 0. The predicted molar refractivity (Wildman–Crippen MR) is 61.5 cm³/mol. The average Bonchev–Trinajstić information content (AvgIpc) is 2.57. The van der Waals surface area contributed by atoms with Crippen molar-refractivity contribution in [3.63, 3.8) is 0 Å². The van der Waals surface area contributed by atoms with Gasteiger partial charge in [-0.1, -0.05) is 35.6 Å². The van der Waals surface area contributed by atoms with E-state index >= 15 is 0 Å². The lowest BCUT2D eigenvalue weighted by Crippen LogP contribution is -2.05. The number of allylic oxidation sites excluding steroid dienone is 2. The topological polar surface area (TPSA) is 18.5 Å². The van der Waals surface area contributed by atoms with Crippen LogP contribution in [-0.4, -0.2) is 12.9 Å². The minimum absolute atomic E-state index is 0.00738. The zero-order valence-corrected chi connectivity index (χ0v) is 9.94. The molecule has 0 N–H and O–H groups in total. The molecule has 0 saturated carbocycles. The smallest absolute Gasteiger partial charge is 0.198 e. The molecule has 1 aliphatic rings. The summed E-state index contributed by atoms with van der Waals surface area (Å²) in [6, 6.07) is 0. The van der Waals surface area contributed by atoms with Crippen LogP contribution >= 0.6 is 22.6 Å². The quantitative estimate of drug-likeness (QED) is 0.585. The maximum Gasteiger partial charge on any atom is 0.198 e. The highest BCUT2D eigenvalue weighted by Crippen LogP contribution is 2.13. The standard InChI is InChI=1S/C10H15IO2/c1-9(4-6-11)5-8-13-10-3-2-7-12-10/h4-6,8-10H,2-3,7H2,1H3/b6-4-,8-5+. The Morgan fingerprint density at radius 3 is 3.00 bits per heavy atom. The average molecular weight is 294 g/mol. The molecule has 2 atom stereocenters. The first-order valence-corrected chi connectivity index (χ1v) is 5.78. The van der Waals surface area contributed by atoms with Gasteiger partial charge in [-0.2, -0.15) is 0 Å². The molecule has 0 aliphatic carbocycles. The molecule has 0 spiro atoms. The van der Waals surface area contributed by atoms with Crippen LogP contribution in [0.3, 0.4) is 0 Å². The van der Waals surface area contributed by atoms with Crippen LogP contribution in [0.4, 0.5) is 0 Å². The largest absolute Gasteiger partial charge is 0.473 e. The Labute approximate surface area is 93.1 Å². The Hall–Kier alpha value is -0.0300. The summed E-state index contributed by atoms with van der Waals surface area (Å²) in [6.07, 6.45) is 8.00. The first-order valence-electron chi connectivity index (χ1n) is 4.53. The molecule has 74 valence electrons. The van der Waals surface area contributed by atoms with Gasteiger partial charge in [0.15, 0.2) is 6.29 Å². The lowest BCUT2D eigenvalue weighted by Gasteiger charge is -2.08. The van der Waals surface area contributed by atoms with Gasteiger partial charge in [0, 0.05) is 6.42 Å². The van der Waals surface area contributed by atoms with Crippen molar-refractivity contribution in [2.24, 2.45) is 5.92 Å². The van der Waals surface area contributed by atoms with Crippen LogP contribution in [0, 0.1) is 5.92 Å². The van der Waals surface area contributed by atoms with Crippen LogP contribution in [-0.2, 0) is 9.47 Å². The zero-order valence-electron chi connectivity index (χ0n) is 7.78. The number of ether oxygens (including phenoxy) is 2. The van der Waals surface area contributed by atoms with Gasteiger partial charge in [0.05, 0.1) is 12.9 Å². The second-order valence-electron chi connectivity index (χ2n) is 3.08. The summed E-state index contributed by atoms with van der Waals surface area (Å²) < 4.78 is 12.7. The van der Waals surface area contributed by atoms with Gasteiger partial charge in [-0.15, -0.1) is 0 Å². The van der Waals surface area contributed by atoms with E-state index in [0.29, 0.717) is 5.92 Å². The predicted octanol–water partition coefficient (Wildman–Crippen LogP) is 3.24. The summed E-state index contributed by atoms with van der Waals surface area (Å²) >= 11 is 2.21. The highest BCUT2D eigenvalue weighted by molar-refractivity contribution is 14.1. The molecule has 3 heteroatoms. The Kier molecular flexibility index (Phi) is 5.46. The highest BCUT2D eigenvalue weighted by Gasteiger charge is 2.14. The van der Waals surface area contributed by atoms with Crippen LogP contribution < -0.4 is 0 Å². The lowest BCUT2D eigenvalue weighted by molar-refractivity contribution is -0.0685. The molecule has 0 bridgehead atoms. The third-order valence-electron chi connectivity index (χ3n) is 1.88. The fourth-order valence-corrected chi connectivity index (χ4v) is 1.75. The van der Waals surface area contributed by atoms with E-state index in [1.807, 2.05) is 10.2 Å². The molecular weight excluding hydrogens is 279 g/mol. The van der Waals surface area contributed by atoms with Crippen molar-refractivity contribution in [2.45, 2.75) is 26.1 Å². The molecule has 13 heavy (non-hydrogen) atoms. The number of hydrogen-bond donors (Lipinski definition) is 0. The molecule has 0 aromatic heterocycles. The molecule has 1 rings (SSSR count). The van der Waals surface area contributed by atoms with Gasteiger partial charge >= 0.3 is 0 Å². The molecule has 1 fully saturated rings. The molecule has 1 aliphatic heterocycles. The fraction of sp³-hybridized carbons (Fsp3) is 0.600. The zero-order chi connectivity index (χ0) is 9.52. The van der Waals surface area contributed by atoms with Crippen LogP contribution in [0.1, 0.15) is 19.8 Å². The Bertz CT molecular complexity index is 183. The van der Waals surface area contributed by atoms with Gasteiger partial charge < -0.3 is 9.47 Å². The van der Waals surface area contributed by atoms with Gasteiger partial charge in [-0.05, 0) is 22.5 Å². The van der Waals surface area contributed by atoms with E-state index in [9.17, 15) is 0 Å². The van der Waals surface area contributed by atoms with Gasteiger partial charge in [-0.25, -0.2) is 0 Å². The SMILES string of the molecule is CC(/C=C\I)/C=C/OC1CCCO1. The third kappa shape index (κ3) is 4.67. The van der Waals surface area contributed by atoms with E-state index in [2.05, 4.69) is 35.6 Å². The van der Waals surface area contributed by atoms with Crippen molar-refractivity contribution in [2.75, 3.05) is 6.61 Å². The monoisotopic (exact) mass is 294 g/mol. The van der Waals surface area contributed by atoms with E-state index in [1.54, 1.807) is 6.26 Å². The number of rotatable bonds is 4. The third-order valence-corrected chi connectivity index (χ3v) is 2.29. The minimum atomic E-state index is -0.00738. The van der Waals surface area contributed by atoms with E-state index in [4.69, 9.17) is 9.47 Å². The summed E-state index contributed by atoms with van der Waals surface area (Å²) in [6.45, 7) is 2.95. The molecule has 1 saturated heterocycles. The summed E-state index contributed by atoms with van der Waals surface area (Å²) in [5.41, 5.74) is 0. The summed E-state index contributed by atoms with van der Waals surface area (Å²) in [5, 5.41) is 0. The summed E-state index contributed by atoms with van der Waals surface area (Å²) in [5.74, 6) is 0.429. The van der Waals surface area contributed by atoms with E-state index in [0.717, 1.165) is 19.4 Å². The molecule has 1 heterocycles. The maximum atomic E-state index is 5.38. The van der Waals surface area contributed by atoms with Crippen molar-refractivity contribution < 1.29 is 9.47 Å². The van der Waals surface area contributed by atoms with Gasteiger partial charge in [0.1, 0.15) is 0 Å². The van der Waals surface area contributed by atoms with Crippen molar-refractivity contribution in [1.29, 1.82) is 0 Å². The van der Waals surface area contributed by atoms with Crippen molar-refractivity contribution in [3.05, 3.63) is 22.5 Å². The van der Waals surface area contributed by atoms with E-state index in [-0.39, 0.29) is 6.29 Å². The molecule has 0 aromatic carbocycles. The molecule has 0 amide bonds. The first-order chi connectivity index (χ1) is 6.33. The van der Waals surface area contributed by atoms with Crippen molar-refractivity contribution >= 4 is 22.6 Å². The van der Waals surface area contributed by atoms with Crippen LogP contribution in [0.15, 0.2) is 22.5 Å². The molecule has 2 unspecified atom stereocenters. The number of halogens is 1. The maximum absolute atomic E-state index is 5.38. The minimum Gasteiger partial charge on any atom is -0.473 e. The van der Waals surface area contributed by atoms with Gasteiger partial charge in [-0.3, -0.25) is 0 Å². The Morgan fingerprint density at radius 1 is 1.54 bits per heavy atom. The Morgan fingerprint density at radius 2 is 2.38 bits per heavy atom. The molecule has 2 nitrogen and oxygen atoms in total. The van der Waals surface area contributed by atoms with Gasteiger partial charge in [0.2, 0.25) is 0 Å². The summed E-state index contributed by atoms with van der Waals surface area (Å²) in [7, 11) is 0. The van der Waals surface area contributed by atoms with Gasteiger partial charge in [0.25, 0.3) is 0 Å². The van der Waals surface area contributed by atoms with Crippen LogP contribution in [0.25, 0.3) is 0 Å². The van der Waals surface area contributed by atoms with Crippen molar-refractivity contribution in [1.82, 2.24) is 0 Å². The van der Waals surface area contributed by atoms with Crippen LogP contribution in [0.5, 0.6) is 0 Å². The molecule has 0 radical (unpaired) electrons. The highest BCUT2D eigenvalue weighted by atomic mass is 127. The van der Waals surface area contributed by atoms with E-state index < -0.39 is 0 Å². The Balaban J connectivity index is 2.16. The normalized spacial score (nSPS) is 25.8. The second kappa shape index (κ2) is 6.43. The van der Waals surface area contributed by atoms with Crippen molar-refractivity contribution in [3.8, 4) is 0 Å². The molecule has 0 aromatic rings. The lowest BCUT2D eigenvalue weighted by atomic mass is 10.2. The molecular formula is C10H15IO2. The van der Waals surface area contributed by atoms with Crippen LogP contribution in [0.2, 0.25) is 0 Å². The number of hydrogen-bond acceptors (Lipinski definition) is 2. The first kappa shape index (κ1) is 11.0.